The van der Waals surface area contributed by atoms with Crippen molar-refractivity contribution in [1.82, 2.24) is 4.98 Å². The van der Waals surface area contributed by atoms with Gasteiger partial charge in [0, 0.05) is 34.3 Å². The molecule has 3 rings (SSSR count). The van der Waals surface area contributed by atoms with Gasteiger partial charge in [0.1, 0.15) is 10.7 Å². The highest BCUT2D eigenvalue weighted by Gasteiger charge is 2.14. The van der Waals surface area contributed by atoms with Crippen molar-refractivity contribution in [3.63, 3.8) is 0 Å². The molecule has 0 atom stereocenters. The van der Waals surface area contributed by atoms with Gasteiger partial charge < -0.3 is 10.6 Å². The number of carbonyl (C=O) groups is 2. The fraction of sp³-hybridized carbons (Fsp3) is 0.105. The second kappa shape index (κ2) is 7.68. The minimum absolute atomic E-state index is 0.163. The summed E-state index contributed by atoms with van der Waals surface area (Å²) in [5.74, 6) is -0.465. The van der Waals surface area contributed by atoms with Crippen LogP contribution in [0.3, 0.4) is 0 Å². The van der Waals surface area contributed by atoms with Gasteiger partial charge in [-0.25, -0.2) is 4.98 Å². The standard InChI is InChI=1S/C19H16ClN3O2S/c1-11-15(21-12(2)24)4-3-5-16(11)22-18(25)17-10-26-19(23-17)13-6-8-14(20)9-7-13/h3-10H,1-2H3,(H,21,24)(H,22,25). The van der Waals surface area contributed by atoms with Gasteiger partial charge in [-0.05, 0) is 36.8 Å². The van der Waals surface area contributed by atoms with E-state index in [2.05, 4.69) is 15.6 Å². The maximum absolute atomic E-state index is 12.5. The fourth-order valence-corrected chi connectivity index (χ4v) is 3.32. The first-order valence-corrected chi connectivity index (χ1v) is 9.10. The van der Waals surface area contributed by atoms with E-state index in [0.717, 1.165) is 16.1 Å². The third-order valence-electron chi connectivity index (χ3n) is 3.72. The van der Waals surface area contributed by atoms with Gasteiger partial charge >= 0.3 is 0 Å². The molecule has 1 heterocycles. The molecule has 2 N–H and O–H groups in total. The quantitative estimate of drug-likeness (QED) is 0.665. The molecule has 3 aromatic rings. The van der Waals surface area contributed by atoms with E-state index in [1.165, 1.54) is 18.3 Å². The molecule has 0 fully saturated rings. The molecule has 2 aromatic carbocycles. The maximum atomic E-state index is 12.5. The second-order valence-corrected chi connectivity index (χ2v) is 6.95. The lowest BCUT2D eigenvalue weighted by Crippen LogP contribution is -2.14. The molecule has 1 aromatic heterocycles. The predicted octanol–water partition coefficient (Wildman–Crippen LogP) is 4.98. The highest BCUT2D eigenvalue weighted by atomic mass is 35.5. The Morgan fingerprint density at radius 3 is 2.35 bits per heavy atom. The maximum Gasteiger partial charge on any atom is 0.275 e. The minimum atomic E-state index is -0.301. The SMILES string of the molecule is CC(=O)Nc1cccc(NC(=O)c2csc(-c3ccc(Cl)cc3)n2)c1C. The number of rotatable bonds is 4. The Morgan fingerprint density at radius 1 is 1.04 bits per heavy atom. The zero-order valence-corrected chi connectivity index (χ0v) is 15.7. The molecular weight excluding hydrogens is 370 g/mol. The van der Waals surface area contributed by atoms with Gasteiger partial charge in [0.15, 0.2) is 0 Å². The van der Waals surface area contributed by atoms with Gasteiger partial charge in [0.05, 0.1) is 0 Å². The molecule has 0 saturated heterocycles. The van der Waals surface area contributed by atoms with Crippen molar-refractivity contribution in [1.29, 1.82) is 0 Å². The first-order valence-electron chi connectivity index (χ1n) is 7.84. The average molecular weight is 386 g/mol. The molecule has 132 valence electrons. The van der Waals surface area contributed by atoms with Crippen LogP contribution >= 0.6 is 22.9 Å². The van der Waals surface area contributed by atoms with Crippen molar-refractivity contribution in [2.45, 2.75) is 13.8 Å². The van der Waals surface area contributed by atoms with Crippen LogP contribution in [0.5, 0.6) is 0 Å². The van der Waals surface area contributed by atoms with Crippen LogP contribution in [0, 0.1) is 6.92 Å². The van der Waals surface area contributed by atoms with Crippen LogP contribution < -0.4 is 10.6 Å². The Hall–Kier alpha value is -2.70. The highest BCUT2D eigenvalue weighted by molar-refractivity contribution is 7.13. The zero-order chi connectivity index (χ0) is 18.7. The van der Waals surface area contributed by atoms with E-state index in [1.807, 2.05) is 19.1 Å². The highest BCUT2D eigenvalue weighted by Crippen LogP contribution is 2.27. The lowest BCUT2D eigenvalue weighted by atomic mass is 10.1. The minimum Gasteiger partial charge on any atom is -0.326 e. The Kier molecular flexibility index (Phi) is 5.35. The number of benzene rings is 2. The number of carbonyl (C=O) groups excluding carboxylic acids is 2. The average Bonchev–Trinajstić information content (AvgIpc) is 3.09. The molecule has 0 aliphatic rings. The van der Waals surface area contributed by atoms with E-state index in [1.54, 1.807) is 35.7 Å². The van der Waals surface area contributed by atoms with Crippen LogP contribution in [0.4, 0.5) is 11.4 Å². The first-order chi connectivity index (χ1) is 12.4. The van der Waals surface area contributed by atoms with Crippen molar-refractivity contribution in [2.75, 3.05) is 10.6 Å². The Labute approximate surface area is 160 Å². The van der Waals surface area contributed by atoms with Crippen LogP contribution in [0.2, 0.25) is 5.02 Å². The van der Waals surface area contributed by atoms with Crippen LogP contribution in [0.1, 0.15) is 23.0 Å². The third kappa shape index (κ3) is 4.09. The molecule has 2 amide bonds. The number of hydrogen-bond acceptors (Lipinski definition) is 4. The summed E-state index contributed by atoms with van der Waals surface area (Å²) in [4.78, 5) is 28.2. The Morgan fingerprint density at radius 2 is 1.69 bits per heavy atom. The Bertz CT molecular complexity index is 967. The number of thiazole rings is 1. The van der Waals surface area contributed by atoms with E-state index in [0.29, 0.717) is 22.1 Å². The van der Waals surface area contributed by atoms with E-state index < -0.39 is 0 Å². The summed E-state index contributed by atoms with van der Waals surface area (Å²) in [5, 5.41) is 8.70. The van der Waals surface area contributed by atoms with Crippen LogP contribution in [-0.4, -0.2) is 16.8 Å². The number of aromatic nitrogens is 1. The van der Waals surface area contributed by atoms with Crippen LogP contribution in [-0.2, 0) is 4.79 Å². The molecule has 26 heavy (non-hydrogen) atoms. The number of nitrogens with zero attached hydrogens (tertiary/aromatic N) is 1. The Balaban J connectivity index is 1.79. The summed E-state index contributed by atoms with van der Waals surface area (Å²) in [5.41, 5.74) is 3.31. The normalized spacial score (nSPS) is 10.4. The molecule has 0 saturated carbocycles. The summed E-state index contributed by atoms with van der Waals surface area (Å²) >= 11 is 7.29. The molecular formula is C19H16ClN3O2S. The van der Waals surface area contributed by atoms with Gasteiger partial charge in [-0.3, -0.25) is 9.59 Å². The molecule has 5 nitrogen and oxygen atoms in total. The fourth-order valence-electron chi connectivity index (χ4n) is 2.39. The number of amides is 2. The molecule has 0 aliphatic carbocycles. The van der Waals surface area contributed by atoms with Gasteiger partial charge in [-0.1, -0.05) is 29.8 Å². The molecule has 0 spiro atoms. The topological polar surface area (TPSA) is 71.1 Å². The predicted molar refractivity (Wildman–Crippen MR) is 106 cm³/mol. The molecule has 0 radical (unpaired) electrons. The molecule has 0 aliphatic heterocycles. The van der Waals surface area contributed by atoms with Crippen molar-refractivity contribution in [3.8, 4) is 10.6 Å². The first kappa shape index (κ1) is 18.1. The van der Waals surface area contributed by atoms with Crippen molar-refractivity contribution < 1.29 is 9.59 Å². The van der Waals surface area contributed by atoms with E-state index in [9.17, 15) is 9.59 Å². The summed E-state index contributed by atoms with van der Waals surface area (Å²) < 4.78 is 0. The number of hydrogen-bond donors (Lipinski definition) is 2. The van der Waals surface area contributed by atoms with Crippen molar-refractivity contribution >= 4 is 46.1 Å². The molecule has 0 unspecified atom stereocenters. The van der Waals surface area contributed by atoms with Gasteiger partial charge in [-0.15, -0.1) is 11.3 Å². The monoisotopic (exact) mass is 385 g/mol. The summed E-state index contributed by atoms with van der Waals surface area (Å²) in [7, 11) is 0. The third-order valence-corrected chi connectivity index (χ3v) is 4.86. The summed E-state index contributed by atoms with van der Waals surface area (Å²) in [6.45, 7) is 3.28. The summed E-state index contributed by atoms with van der Waals surface area (Å²) in [6.07, 6.45) is 0. The van der Waals surface area contributed by atoms with E-state index in [4.69, 9.17) is 11.6 Å². The van der Waals surface area contributed by atoms with E-state index in [-0.39, 0.29) is 11.8 Å². The second-order valence-electron chi connectivity index (χ2n) is 5.66. The smallest absolute Gasteiger partial charge is 0.275 e. The zero-order valence-electron chi connectivity index (χ0n) is 14.2. The number of halogens is 1. The lowest BCUT2D eigenvalue weighted by molar-refractivity contribution is -0.114. The van der Waals surface area contributed by atoms with Gasteiger partial charge in [0.2, 0.25) is 5.91 Å². The molecule has 7 heteroatoms. The molecule has 0 bridgehead atoms. The van der Waals surface area contributed by atoms with Gasteiger partial charge in [-0.2, -0.15) is 0 Å². The number of anilines is 2. The van der Waals surface area contributed by atoms with Crippen LogP contribution in [0.25, 0.3) is 10.6 Å². The summed E-state index contributed by atoms with van der Waals surface area (Å²) in [6, 6.07) is 12.6. The van der Waals surface area contributed by atoms with Crippen LogP contribution in [0.15, 0.2) is 47.8 Å². The van der Waals surface area contributed by atoms with E-state index >= 15 is 0 Å². The largest absolute Gasteiger partial charge is 0.326 e. The van der Waals surface area contributed by atoms with Crippen molar-refractivity contribution in [3.05, 3.63) is 64.1 Å². The number of nitrogens with one attached hydrogen (secondary N) is 2. The van der Waals surface area contributed by atoms with Crippen molar-refractivity contribution in [2.24, 2.45) is 0 Å². The van der Waals surface area contributed by atoms with Gasteiger partial charge in [0.25, 0.3) is 5.91 Å². The lowest BCUT2D eigenvalue weighted by Gasteiger charge is -2.12.